The Kier molecular flexibility index (Phi) is 6.11. The average Bonchev–Trinajstić information content (AvgIpc) is 2.67. The maximum atomic E-state index is 12.6. The Morgan fingerprint density at radius 1 is 0.962 bits per heavy atom. The van der Waals surface area contributed by atoms with Gasteiger partial charge in [-0.3, -0.25) is 14.4 Å². The summed E-state index contributed by atoms with van der Waals surface area (Å²) in [6.45, 7) is 3.51. The quantitative estimate of drug-likeness (QED) is 0.781. The first-order valence-corrected chi connectivity index (χ1v) is 8.16. The number of benzene rings is 2. The molecular weight excluding hydrogens is 332 g/mol. The van der Waals surface area contributed by atoms with Crippen LogP contribution in [0.1, 0.15) is 29.8 Å². The molecule has 6 heteroatoms. The van der Waals surface area contributed by atoms with Crippen LogP contribution >= 0.6 is 0 Å². The molecular formula is C20H22N2O4. The summed E-state index contributed by atoms with van der Waals surface area (Å²) >= 11 is 0. The summed E-state index contributed by atoms with van der Waals surface area (Å²) in [5.41, 5.74) is 1.19. The minimum atomic E-state index is -0.697. The molecule has 0 heterocycles. The summed E-state index contributed by atoms with van der Waals surface area (Å²) in [7, 11) is 1.25. The van der Waals surface area contributed by atoms with Crippen molar-refractivity contribution in [1.82, 2.24) is 5.32 Å². The fourth-order valence-corrected chi connectivity index (χ4v) is 2.30. The van der Waals surface area contributed by atoms with Gasteiger partial charge in [0.1, 0.15) is 6.54 Å². The van der Waals surface area contributed by atoms with Crippen molar-refractivity contribution in [3.05, 3.63) is 65.7 Å². The average molecular weight is 354 g/mol. The zero-order chi connectivity index (χ0) is 19.2. The molecule has 0 fully saturated rings. The van der Waals surface area contributed by atoms with Crippen LogP contribution < -0.4 is 10.6 Å². The number of methoxy groups -OCH3 is 1. The molecule has 0 spiro atoms. The van der Waals surface area contributed by atoms with Crippen molar-refractivity contribution >= 4 is 23.5 Å². The van der Waals surface area contributed by atoms with Gasteiger partial charge in [-0.25, -0.2) is 0 Å². The number of nitrogens with one attached hydrogen (secondary N) is 2. The number of rotatable bonds is 6. The highest BCUT2D eigenvalue weighted by molar-refractivity contribution is 6.00. The van der Waals surface area contributed by atoms with E-state index >= 15 is 0 Å². The maximum absolute atomic E-state index is 12.6. The third-order valence-corrected chi connectivity index (χ3v) is 4.09. The Bertz CT molecular complexity index is 783. The first kappa shape index (κ1) is 19.2. The fraction of sp³-hybridized carbons (Fsp3) is 0.250. The normalized spacial score (nSPS) is 10.7. The molecule has 0 aliphatic heterocycles. The van der Waals surface area contributed by atoms with E-state index in [0.29, 0.717) is 11.3 Å². The molecule has 0 bridgehead atoms. The second-order valence-electron chi connectivity index (χ2n) is 6.28. The molecule has 0 aliphatic rings. The molecule has 0 saturated carbocycles. The van der Waals surface area contributed by atoms with Crippen molar-refractivity contribution < 1.29 is 19.1 Å². The predicted octanol–water partition coefficient (Wildman–Crippen LogP) is 2.51. The molecule has 0 atom stereocenters. The summed E-state index contributed by atoms with van der Waals surface area (Å²) in [6.07, 6.45) is 0. The number of carbonyl (C=O) groups excluding carboxylic acids is 3. The van der Waals surface area contributed by atoms with Crippen molar-refractivity contribution in [1.29, 1.82) is 0 Å². The number of hydrogen-bond donors (Lipinski definition) is 2. The smallest absolute Gasteiger partial charge is 0.325 e. The number of carbonyl (C=O) groups is 3. The van der Waals surface area contributed by atoms with E-state index in [1.54, 1.807) is 24.3 Å². The number of amides is 2. The van der Waals surface area contributed by atoms with Crippen molar-refractivity contribution in [2.75, 3.05) is 19.0 Å². The van der Waals surface area contributed by atoms with Gasteiger partial charge in [-0.1, -0.05) is 30.3 Å². The van der Waals surface area contributed by atoms with E-state index in [4.69, 9.17) is 0 Å². The molecule has 0 aromatic heterocycles. The molecule has 2 rings (SSSR count). The Labute approximate surface area is 152 Å². The molecule has 26 heavy (non-hydrogen) atoms. The van der Waals surface area contributed by atoms with Crippen LogP contribution in [0, 0.1) is 0 Å². The molecule has 6 nitrogen and oxygen atoms in total. The molecule has 2 N–H and O–H groups in total. The SMILES string of the molecule is COC(=O)CNC(=O)c1ccc(NC(=O)C(C)(C)c2ccccc2)cc1. The first-order valence-electron chi connectivity index (χ1n) is 8.16. The number of hydrogen-bond acceptors (Lipinski definition) is 4. The van der Waals surface area contributed by atoms with Gasteiger partial charge in [0.2, 0.25) is 5.91 Å². The van der Waals surface area contributed by atoms with Crippen molar-refractivity contribution in [3.63, 3.8) is 0 Å². The lowest BCUT2D eigenvalue weighted by molar-refractivity contribution is -0.139. The molecule has 0 radical (unpaired) electrons. The Hall–Kier alpha value is -3.15. The van der Waals surface area contributed by atoms with E-state index in [-0.39, 0.29) is 12.5 Å². The lowest BCUT2D eigenvalue weighted by Crippen LogP contribution is -2.34. The second kappa shape index (κ2) is 8.29. The van der Waals surface area contributed by atoms with Gasteiger partial charge < -0.3 is 15.4 Å². The van der Waals surface area contributed by atoms with Crippen molar-refractivity contribution in [3.8, 4) is 0 Å². The van der Waals surface area contributed by atoms with Crippen molar-refractivity contribution in [2.24, 2.45) is 0 Å². The summed E-state index contributed by atoms with van der Waals surface area (Å²) < 4.78 is 4.47. The first-order chi connectivity index (χ1) is 12.3. The van der Waals surface area contributed by atoms with Crippen LogP contribution in [0.5, 0.6) is 0 Å². The summed E-state index contributed by atoms with van der Waals surface area (Å²) in [6, 6.07) is 16.0. The minimum Gasteiger partial charge on any atom is -0.468 e. The second-order valence-corrected chi connectivity index (χ2v) is 6.28. The zero-order valence-electron chi connectivity index (χ0n) is 15.0. The summed E-state index contributed by atoms with van der Waals surface area (Å²) in [4.78, 5) is 35.6. The largest absolute Gasteiger partial charge is 0.468 e. The monoisotopic (exact) mass is 354 g/mol. The van der Waals surface area contributed by atoms with Crippen LogP contribution in [0.2, 0.25) is 0 Å². The van der Waals surface area contributed by atoms with Gasteiger partial charge >= 0.3 is 5.97 Å². The highest BCUT2D eigenvalue weighted by Crippen LogP contribution is 2.25. The molecule has 0 saturated heterocycles. The third-order valence-electron chi connectivity index (χ3n) is 4.09. The van der Waals surface area contributed by atoms with E-state index in [9.17, 15) is 14.4 Å². The van der Waals surface area contributed by atoms with Crippen LogP contribution in [0.15, 0.2) is 54.6 Å². The van der Waals surface area contributed by atoms with Crippen molar-refractivity contribution in [2.45, 2.75) is 19.3 Å². The van der Waals surface area contributed by atoms with Crippen LogP contribution in [-0.4, -0.2) is 31.4 Å². The van der Waals surface area contributed by atoms with Crippen LogP contribution in [0.25, 0.3) is 0 Å². The molecule has 136 valence electrons. The highest BCUT2D eigenvalue weighted by atomic mass is 16.5. The van der Waals surface area contributed by atoms with E-state index in [0.717, 1.165) is 5.56 Å². The molecule has 2 aromatic carbocycles. The fourth-order valence-electron chi connectivity index (χ4n) is 2.30. The third kappa shape index (κ3) is 4.69. The van der Waals surface area contributed by atoms with Gasteiger partial charge in [0.15, 0.2) is 0 Å². The van der Waals surface area contributed by atoms with Gasteiger partial charge in [-0.15, -0.1) is 0 Å². The van der Waals surface area contributed by atoms with Gasteiger partial charge in [0.05, 0.1) is 12.5 Å². The molecule has 0 unspecified atom stereocenters. The number of anilines is 1. The Morgan fingerprint density at radius 2 is 1.58 bits per heavy atom. The van der Waals surface area contributed by atoms with Crippen LogP contribution in [-0.2, 0) is 19.7 Å². The van der Waals surface area contributed by atoms with Gasteiger partial charge in [-0.05, 0) is 43.7 Å². The Morgan fingerprint density at radius 3 is 2.15 bits per heavy atom. The standard InChI is InChI=1S/C20H22N2O4/c1-20(2,15-7-5-4-6-8-15)19(25)22-16-11-9-14(10-12-16)18(24)21-13-17(23)26-3/h4-12H,13H2,1-3H3,(H,21,24)(H,22,25). The van der Waals surface area contributed by atoms with Crippen LogP contribution in [0.3, 0.4) is 0 Å². The van der Waals surface area contributed by atoms with Crippen LogP contribution in [0.4, 0.5) is 5.69 Å². The highest BCUT2D eigenvalue weighted by Gasteiger charge is 2.29. The lowest BCUT2D eigenvalue weighted by atomic mass is 9.83. The molecule has 2 amide bonds. The molecule has 2 aromatic rings. The molecule has 0 aliphatic carbocycles. The van der Waals surface area contributed by atoms with Gasteiger partial charge in [-0.2, -0.15) is 0 Å². The predicted molar refractivity (Wildman–Crippen MR) is 98.9 cm³/mol. The van der Waals surface area contributed by atoms with E-state index in [2.05, 4.69) is 15.4 Å². The number of esters is 1. The van der Waals surface area contributed by atoms with E-state index in [1.165, 1.54) is 7.11 Å². The minimum absolute atomic E-state index is 0.147. The zero-order valence-corrected chi connectivity index (χ0v) is 15.0. The summed E-state index contributed by atoms with van der Waals surface area (Å²) in [5.74, 6) is -1.06. The maximum Gasteiger partial charge on any atom is 0.325 e. The van der Waals surface area contributed by atoms with E-state index in [1.807, 2.05) is 44.2 Å². The lowest BCUT2D eigenvalue weighted by Gasteiger charge is -2.24. The topological polar surface area (TPSA) is 84.5 Å². The summed E-state index contributed by atoms with van der Waals surface area (Å²) in [5, 5.41) is 5.32. The Balaban J connectivity index is 2.01. The number of ether oxygens (including phenoxy) is 1. The van der Waals surface area contributed by atoms with E-state index < -0.39 is 17.3 Å². The van der Waals surface area contributed by atoms with Gasteiger partial charge in [0.25, 0.3) is 5.91 Å². The van der Waals surface area contributed by atoms with Gasteiger partial charge in [0, 0.05) is 11.3 Å².